The summed E-state index contributed by atoms with van der Waals surface area (Å²) in [7, 11) is 0. The number of nitrogens with one attached hydrogen (secondary N) is 3. The number of carbonyl (C=O) groups is 4. The topological polar surface area (TPSA) is 117 Å². The third kappa shape index (κ3) is 10.1. The van der Waals surface area contributed by atoms with Crippen molar-refractivity contribution < 1.29 is 23.9 Å². The van der Waals surface area contributed by atoms with E-state index in [4.69, 9.17) is 39.5 Å². The van der Waals surface area contributed by atoms with E-state index in [9.17, 15) is 19.2 Å². The highest BCUT2D eigenvalue weighted by Gasteiger charge is 2.35. The van der Waals surface area contributed by atoms with Crippen molar-refractivity contribution in [3.8, 4) is 0 Å². The Balaban J connectivity index is 1.97. The minimum absolute atomic E-state index is 0.0192. The van der Waals surface area contributed by atoms with E-state index in [-0.39, 0.29) is 24.2 Å². The first-order valence-electron chi connectivity index (χ1n) is 12.0. The second-order valence-electron chi connectivity index (χ2n) is 8.98. The molecule has 0 bridgehead atoms. The first-order chi connectivity index (χ1) is 16.5. The van der Waals surface area contributed by atoms with Crippen LogP contribution in [0.3, 0.4) is 0 Å². The fourth-order valence-corrected chi connectivity index (χ4v) is 4.45. The number of nitrogens with zero attached hydrogens (tertiary/aromatic N) is 1. The van der Waals surface area contributed by atoms with Gasteiger partial charge in [-0.3, -0.25) is 24.2 Å². The number of halogens is 3. The van der Waals surface area contributed by atoms with Crippen LogP contribution in [0, 0.1) is 5.92 Å². The molecule has 1 heterocycles. The highest BCUT2D eigenvalue weighted by atomic mass is 35.6. The van der Waals surface area contributed by atoms with Gasteiger partial charge in [0.2, 0.25) is 15.6 Å². The molecule has 0 spiro atoms. The Morgan fingerprint density at radius 1 is 1.09 bits per heavy atom. The van der Waals surface area contributed by atoms with Crippen LogP contribution in [-0.2, 0) is 23.9 Å². The molecule has 0 radical (unpaired) electrons. The molecule has 0 aromatic heterocycles. The van der Waals surface area contributed by atoms with Crippen LogP contribution in [0.1, 0.15) is 65.2 Å². The number of hydrogen-bond donors (Lipinski definition) is 3. The zero-order valence-electron chi connectivity index (χ0n) is 20.2. The van der Waals surface area contributed by atoms with Gasteiger partial charge in [0.15, 0.2) is 0 Å². The van der Waals surface area contributed by atoms with Crippen LogP contribution < -0.4 is 16.1 Å². The summed E-state index contributed by atoms with van der Waals surface area (Å²) in [5.41, 5.74) is 2.84. The summed E-state index contributed by atoms with van der Waals surface area (Å²) < 4.78 is 3.29. The fraction of sp³-hybridized carbons (Fsp3) is 0.739. The molecular formula is C23H35Cl3N4O5. The molecule has 3 amide bonds. The van der Waals surface area contributed by atoms with Gasteiger partial charge in [-0.25, -0.2) is 5.43 Å². The van der Waals surface area contributed by atoms with Crippen LogP contribution in [0.2, 0.25) is 0 Å². The average Bonchev–Trinajstić information content (AvgIpc) is 2.84. The Hall–Kier alpha value is -1.55. The summed E-state index contributed by atoms with van der Waals surface area (Å²) in [5.74, 6) is -1.64. The Bertz CT molecular complexity index is 784. The summed E-state index contributed by atoms with van der Waals surface area (Å²) in [6.45, 7) is 3.36. The molecule has 12 heteroatoms. The van der Waals surface area contributed by atoms with E-state index < -0.39 is 40.4 Å². The number of amides is 3. The van der Waals surface area contributed by atoms with E-state index in [1.54, 1.807) is 19.1 Å². The summed E-state index contributed by atoms with van der Waals surface area (Å²) in [5, 5.41) is 6.91. The molecule has 1 aliphatic carbocycles. The normalized spacial score (nSPS) is 21.3. The largest absolute Gasteiger partial charge is 0.460 e. The van der Waals surface area contributed by atoms with Crippen molar-refractivity contribution in [1.82, 2.24) is 21.1 Å². The van der Waals surface area contributed by atoms with Crippen molar-refractivity contribution in [1.29, 1.82) is 0 Å². The summed E-state index contributed by atoms with van der Waals surface area (Å²) >= 11 is 16.9. The Morgan fingerprint density at radius 2 is 1.77 bits per heavy atom. The second-order valence-corrected chi connectivity index (χ2v) is 11.5. The molecule has 2 fully saturated rings. The van der Waals surface area contributed by atoms with E-state index in [1.807, 2.05) is 6.92 Å². The molecule has 2 aliphatic rings. The van der Waals surface area contributed by atoms with Gasteiger partial charge in [-0.15, -0.1) is 0 Å². The smallest absolute Gasteiger partial charge is 0.325 e. The molecular weight excluding hydrogens is 519 g/mol. The lowest BCUT2D eigenvalue weighted by molar-refractivity contribution is -0.152. The van der Waals surface area contributed by atoms with Crippen LogP contribution in [-0.4, -0.2) is 63.8 Å². The minimum atomic E-state index is -1.73. The predicted octanol–water partition coefficient (Wildman–Crippen LogP) is 2.93. The van der Waals surface area contributed by atoms with Gasteiger partial charge >= 0.3 is 5.97 Å². The Morgan fingerprint density at radius 3 is 2.40 bits per heavy atom. The molecule has 2 rings (SSSR count). The maximum Gasteiger partial charge on any atom is 0.325 e. The van der Waals surface area contributed by atoms with Gasteiger partial charge in [0.25, 0.3) is 5.91 Å². The van der Waals surface area contributed by atoms with Crippen LogP contribution in [0.25, 0.3) is 0 Å². The van der Waals surface area contributed by atoms with Gasteiger partial charge in [-0.2, -0.15) is 0 Å². The van der Waals surface area contributed by atoms with Crippen molar-refractivity contribution in [2.24, 2.45) is 5.92 Å². The van der Waals surface area contributed by atoms with Crippen molar-refractivity contribution in [2.45, 2.75) is 87.1 Å². The molecule has 3 atom stereocenters. The lowest BCUT2D eigenvalue weighted by Crippen LogP contribution is -2.61. The van der Waals surface area contributed by atoms with Crippen molar-refractivity contribution in [2.75, 3.05) is 13.2 Å². The van der Waals surface area contributed by atoms with Gasteiger partial charge in [-0.1, -0.05) is 66.2 Å². The van der Waals surface area contributed by atoms with E-state index in [0.717, 1.165) is 32.1 Å². The SMILES string of the molecule is C/C=C/CC(=O)NC(C(=O)N[C@@H](C)C(=O)N1CCC[C@@H](C(=O)OCC(Cl)(Cl)Cl)N1)C1CCCCC1. The Kier molecular flexibility index (Phi) is 12.1. The molecule has 35 heavy (non-hydrogen) atoms. The van der Waals surface area contributed by atoms with Gasteiger partial charge in [-0.05, 0) is 45.4 Å². The highest BCUT2D eigenvalue weighted by Crippen LogP contribution is 2.27. The number of esters is 1. The summed E-state index contributed by atoms with van der Waals surface area (Å²) in [4.78, 5) is 50.8. The zero-order valence-corrected chi connectivity index (χ0v) is 22.4. The van der Waals surface area contributed by atoms with E-state index in [2.05, 4.69) is 16.1 Å². The van der Waals surface area contributed by atoms with E-state index >= 15 is 0 Å². The fourth-order valence-electron chi connectivity index (χ4n) is 4.29. The number of alkyl halides is 3. The standard InChI is InChI=1S/C23H35Cl3N4O5/c1-3-4-12-18(31)28-19(16-9-6-5-7-10-16)20(32)27-15(2)21(33)30-13-8-11-17(29-30)22(34)35-14-23(24,25)26/h3-4,15-17,19,29H,5-14H2,1-2H3,(H,27,32)(H,28,31)/b4-3+/t15-,17-,19?/m0/s1. The van der Waals surface area contributed by atoms with Crippen LogP contribution in [0.4, 0.5) is 0 Å². The number of rotatable bonds is 9. The first kappa shape index (κ1) is 29.7. The maximum absolute atomic E-state index is 13.2. The molecule has 1 saturated heterocycles. The number of hydrogen-bond acceptors (Lipinski definition) is 6. The molecule has 1 saturated carbocycles. The number of allylic oxidation sites excluding steroid dienone is 1. The summed E-state index contributed by atoms with van der Waals surface area (Å²) in [6, 6.07) is -2.35. The highest BCUT2D eigenvalue weighted by molar-refractivity contribution is 6.67. The second kappa shape index (κ2) is 14.3. The number of carbonyl (C=O) groups excluding carboxylic acids is 4. The van der Waals surface area contributed by atoms with E-state index in [0.29, 0.717) is 19.4 Å². The van der Waals surface area contributed by atoms with Crippen LogP contribution in [0.5, 0.6) is 0 Å². The summed E-state index contributed by atoms with van der Waals surface area (Å²) in [6.07, 6.45) is 9.50. The van der Waals surface area contributed by atoms with Crippen molar-refractivity contribution in [3.05, 3.63) is 12.2 Å². The van der Waals surface area contributed by atoms with Crippen molar-refractivity contribution in [3.63, 3.8) is 0 Å². The van der Waals surface area contributed by atoms with Gasteiger partial charge in [0, 0.05) is 13.0 Å². The Labute approximate surface area is 221 Å². The first-order valence-corrected chi connectivity index (χ1v) is 13.2. The molecule has 1 aliphatic heterocycles. The third-order valence-corrected chi connectivity index (χ3v) is 6.43. The average molecular weight is 554 g/mol. The van der Waals surface area contributed by atoms with Gasteiger partial charge in [0.1, 0.15) is 24.7 Å². The van der Waals surface area contributed by atoms with Gasteiger partial charge < -0.3 is 15.4 Å². The molecule has 0 aromatic rings. The third-order valence-electron chi connectivity index (χ3n) is 6.10. The lowest BCUT2D eigenvalue weighted by atomic mass is 9.83. The monoisotopic (exact) mass is 552 g/mol. The number of ether oxygens (including phenoxy) is 1. The molecule has 0 aromatic carbocycles. The van der Waals surface area contributed by atoms with Crippen molar-refractivity contribution >= 4 is 58.5 Å². The molecule has 198 valence electrons. The quantitative estimate of drug-likeness (QED) is 0.230. The minimum Gasteiger partial charge on any atom is -0.460 e. The molecule has 9 nitrogen and oxygen atoms in total. The molecule has 3 N–H and O–H groups in total. The number of hydrazine groups is 1. The van der Waals surface area contributed by atoms with E-state index in [1.165, 1.54) is 5.01 Å². The predicted molar refractivity (Wildman–Crippen MR) is 135 cm³/mol. The van der Waals surface area contributed by atoms with Gasteiger partial charge in [0.05, 0.1) is 0 Å². The van der Waals surface area contributed by atoms with Crippen LogP contribution in [0.15, 0.2) is 12.2 Å². The maximum atomic E-state index is 13.2. The zero-order chi connectivity index (χ0) is 26.0. The van der Waals surface area contributed by atoms with Crippen LogP contribution >= 0.6 is 34.8 Å². The molecule has 1 unspecified atom stereocenters. The lowest BCUT2D eigenvalue weighted by Gasteiger charge is -2.35.